The second kappa shape index (κ2) is 7.14. The summed E-state index contributed by atoms with van der Waals surface area (Å²) >= 11 is 0. The number of aromatic nitrogens is 2. The van der Waals surface area contributed by atoms with Crippen LogP contribution in [0.5, 0.6) is 5.75 Å². The Bertz CT molecular complexity index is 607. The van der Waals surface area contributed by atoms with E-state index < -0.39 is 0 Å². The van der Waals surface area contributed by atoms with E-state index in [1.54, 1.807) is 0 Å². The second-order valence-electron chi connectivity index (χ2n) is 6.28. The molecule has 0 bridgehead atoms. The SMILES string of the molecule is CCCNC1CCCC(Oc2ccc3[nH]ncc3c2CC)C1. The van der Waals surface area contributed by atoms with Gasteiger partial charge >= 0.3 is 0 Å². The van der Waals surface area contributed by atoms with E-state index in [1.807, 2.05) is 6.20 Å². The maximum Gasteiger partial charge on any atom is 0.123 e. The van der Waals surface area contributed by atoms with Gasteiger partial charge in [-0.2, -0.15) is 5.10 Å². The molecule has 1 heterocycles. The van der Waals surface area contributed by atoms with Crippen molar-refractivity contribution in [3.05, 3.63) is 23.9 Å². The minimum Gasteiger partial charge on any atom is -0.490 e. The summed E-state index contributed by atoms with van der Waals surface area (Å²) in [4.78, 5) is 0. The Balaban J connectivity index is 1.72. The van der Waals surface area contributed by atoms with Crippen molar-refractivity contribution >= 4 is 10.9 Å². The highest BCUT2D eigenvalue weighted by Gasteiger charge is 2.23. The van der Waals surface area contributed by atoms with Crippen LogP contribution in [0.2, 0.25) is 0 Å². The van der Waals surface area contributed by atoms with E-state index in [0.29, 0.717) is 12.1 Å². The summed E-state index contributed by atoms with van der Waals surface area (Å²) in [6.07, 6.45) is 9.22. The third-order valence-corrected chi connectivity index (χ3v) is 4.65. The van der Waals surface area contributed by atoms with Crippen molar-refractivity contribution in [2.75, 3.05) is 6.54 Å². The predicted molar refractivity (Wildman–Crippen MR) is 90.4 cm³/mol. The van der Waals surface area contributed by atoms with Crippen LogP contribution in [0.3, 0.4) is 0 Å². The highest BCUT2D eigenvalue weighted by Crippen LogP contribution is 2.31. The van der Waals surface area contributed by atoms with Crippen LogP contribution in [-0.2, 0) is 6.42 Å². The molecule has 4 nitrogen and oxygen atoms in total. The van der Waals surface area contributed by atoms with Crippen molar-refractivity contribution in [3.63, 3.8) is 0 Å². The molecule has 0 radical (unpaired) electrons. The van der Waals surface area contributed by atoms with E-state index >= 15 is 0 Å². The second-order valence-corrected chi connectivity index (χ2v) is 6.28. The Hall–Kier alpha value is -1.55. The molecule has 2 aromatic rings. The van der Waals surface area contributed by atoms with E-state index in [4.69, 9.17) is 4.74 Å². The van der Waals surface area contributed by atoms with Gasteiger partial charge in [0.15, 0.2) is 0 Å². The topological polar surface area (TPSA) is 49.9 Å². The fourth-order valence-corrected chi connectivity index (χ4v) is 3.50. The van der Waals surface area contributed by atoms with Crippen LogP contribution >= 0.6 is 0 Å². The number of nitrogens with one attached hydrogen (secondary N) is 2. The monoisotopic (exact) mass is 301 g/mol. The van der Waals surface area contributed by atoms with E-state index in [1.165, 1.54) is 30.2 Å². The van der Waals surface area contributed by atoms with Gasteiger partial charge in [-0.3, -0.25) is 5.10 Å². The molecule has 0 aliphatic heterocycles. The zero-order valence-corrected chi connectivity index (χ0v) is 13.7. The number of hydrogen-bond donors (Lipinski definition) is 2. The van der Waals surface area contributed by atoms with Gasteiger partial charge in [0.1, 0.15) is 11.9 Å². The molecule has 120 valence electrons. The van der Waals surface area contributed by atoms with Crippen molar-refractivity contribution in [2.24, 2.45) is 0 Å². The van der Waals surface area contributed by atoms with Gasteiger partial charge in [0.05, 0.1) is 11.7 Å². The quantitative estimate of drug-likeness (QED) is 0.853. The van der Waals surface area contributed by atoms with Gasteiger partial charge in [-0.1, -0.05) is 13.8 Å². The Morgan fingerprint density at radius 2 is 2.23 bits per heavy atom. The number of hydrogen-bond acceptors (Lipinski definition) is 3. The summed E-state index contributed by atoms with van der Waals surface area (Å²) in [5, 5.41) is 12.0. The number of benzene rings is 1. The summed E-state index contributed by atoms with van der Waals surface area (Å²) < 4.78 is 6.38. The molecule has 1 aliphatic rings. The number of aromatic amines is 1. The first-order valence-corrected chi connectivity index (χ1v) is 8.66. The number of ether oxygens (including phenoxy) is 1. The van der Waals surface area contributed by atoms with Crippen LogP contribution in [0.4, 0.5) is 0 Å². The van der Waals surface area contributed by atoms with Gasteiger partial charge < -0.3 is 10.1 Å². The molecule has 0 spiro atoms. The molecule has 0 amide bonds. The third kappa shape index (κ3) is 3.27. The summed E-state index contributed by atoms with van der Waals surface area (Å²) in [5.41, 5.74) is 2.37. The number of aryl methyl sites for hydroxylation is 1. The lowest BCUT2D eigenvalue weighted by Gasteiger charge is -2.31. The largest absolute Gasteiger partial charge is 0.490 e. The van der Waals surface area contributed by atoms with Crippen LogP contribution in [0.15, 0.2) is 18.3 Å². The zero-order valence-electron chi connectivity index (χ0n) is 13.7. The Morgan fingerprint density at radius 3 is 3.05 bits per heavy atom. The molecule has 1 saturated carbocycles. The van der Waals surface area contributed by atoms with Crippen LogP contribution < -0.4 is 10.1 Å². The van der Waals surface area contributed by atoms with Crippen LogP contribution in [0, 0.1) is 0 Å². The Labute approximate surface area is 132 Å². The summed E-state index contributed by atoms with van der Waals surface area (Å²) in [5.74, 6) is 1.04. The molecular weight excluding hydrogens is 274 g/mol. The van der Waals surface area contributed by atoms with Gasteiger partial charge in [-0.25, -0.2) is 0 Å². The molecule has 4 heteroatoms. The lowest BCUT2D eigenvalue weighted by molar-refractivity contribution is 0.134. The molecule has 1 aliphatic carbocycles. The van der Waals surface area contributed by atoms with Crippen molar-refractivity contribution in [1.29, 1.82) is 0 Å². The smallest absolute Gasteiger partial charge is 0.123 e. The minimum absolute atomic E-state index is 0.331. The molecule has 2 unspecified atom stereocenters. The first-order chi connectivity index (χ1) is 10.8. The molecule has 1 aromatic carbocycles. The lowest BCUT2D eigenvalue weighted by atomic mass is 9.92. The van der Waals surface area contributed by atoms with Crippen molar-refractivity contribution in [1.82, 2.24) is 15.5 Å². The predicted octanol–water partition coefficient (Wildman–Crippen LogP) is 3.81. The molecule has 0 saturated heterocycles. The van der Waals surface area contributed by atoms with Gasteiger partial charge in [-0.15, -0.1) is 0 Å². The van der Waals surface area contributed by atoms with Crippen molar-refractivity contribution in [2.45, 2.75) is 64.5 Å². The third-order valence-electron chi connectivity index (χ3n) is 4.65. The number of rotatable bonds is 6. The molecule has 2 N–H and O–H groups in total. The number of fused-ring (bicyclic) bond motifs is 1. The highest BCUT2D eigenvalue weighted by atomic mass is 16.5. The maximum absolute atomic E-state index is 6.38. The molecule has 1 aromatic heterocycles. The summed E-state index contributed by atoms with van der Waals surface area (Å²) in [7, 11) is 0. The molecule has 3 rings (SSSR count). The standard InChI is InChI=1S/C18H27N3O/c1-3-10-19-13-6-5-7-14(11-13)22-18-9-8-17-16(12-20-21-17)15(18)4-2/h8-9,12-14,19H,3-7,10-11H2,1-2H3,(H,20,21). The fourth-order valence-electron chi connectivity index (χ4n) is 3.50. The van der Waals surface area contributed by atoms with E-state index in [-0.39, 0.29) is 0 Å². The number of nitrogens with zero attached hydrogens (tertiary/aromatic N) is 1. The van der Waals surface area contributed by atoms with E-state index in [2.05, 4.69) is 41.5 Å². The van der Waals surface area contributed by atoms with Crippen LogP contribution in [0.1, 0.15) is 51.5 Å². The van der Waals surface area contributed by atoms with Crippen molar-refractivity contribution < 1.29 is 4.74 Å². The number of H-pyrrole nitrogens is 1. The minimum atomic E-state index is 0.331. The highest BCUT2D eigenvalue weighted by molar-refractivity contribution is 5.84. The summed E-state index contributed by atoms with van der Waals surface area (Å²) in [6.45, 7) is 5.51. The fraction of sp³-hybridized carbons (Fsp3) is 0.611. The Kier molecular flexibility index (Phi) is 4.98. The molecular formula is C18H27N3O. The lowest BCUT2D eigenvalue weighted by Crippen LogP contribution is -2.38. The first kappa shape index (κ1) is 15.3. The Morgan fingerprint density at radius 1 is 1.32 bits per heavy atom. The average Bonchev–Trinajstić information content (AvgIpc) is 3.02. The van der Waals surface area contributed by atoms with Crippen LogP contribution in [-0.4, -0.2) is 28.9 Å². The molecule has 1 fully saturated rings. The van der Waals surface area contributed by atoms with Gasteiger partial charge in [0.25, 0.3) is 0 Å². The van der Waals surface area contributed by atoms with E-state index in [9.17, 15) is 0 Å². The van der Waals surface area contributed by atoms with Crippen LogP contribution in [0.25, 0.3) is 10.9 Å². The van der Waals surface area contributed by atoms with Gasteiger partial charge in [0.2, 0.25) is 0 Å². The zero-order chi connectivity index (χ0) is 15.4. The maximum atomic E-state index is 6.38. The van der Waals surface area contributed by atoms with Gasteiger partial charge in [-0.05, 0) is 57.2 Å². The first-order valence-electron chi connectivity index (χ1n) is 8.66. The van der Waals surface area contributed by atoms with Crippen molar-refractivity contribution in [3.8, 4) is 5.75 Å². The molecule has 22 heavy (non-hydrogen) atoms. The summed E-state index contributed by atoms with van der Waals surface area (Å²) in [6, 6.07) is 4.79. The van der Waals surface area contributed by atoms with Gasteiger partial charge in [0, 0.05) is 17.0 Å². The molecule has 2 atom stereocenters. The normalized spacial score (nSPS) is 22.1. The van der Waals surface area contributed by atoms with E-state index in [0.717, 1.165) is 37.1 Å². The average molecular weight is 301 g/mol.